The Kier molecular flexibility index (Phi) is 6.05. The molecule has 0 saturated heterocycles. The van der Waals surface area contributed by atoms with E-state index in [4.69, 9.17) is 13.0 Å². The molecule has 0 bridgehead atoms. The Morgan fingerprint density at radius 1 is 1.21 bits per heavy atom. The highest BCUT2D eigenvalue weighted by Gasteiger charge is 2.44. The van der Waals surface area contributed by atoms with Gasteiger partial charge in [-0.3, -0.25) is 9.35 Å². The van der Waals surface area contributed by atoms with E-state index in [1.807, 2.05) is 6.07 Å². The molecular weight excluding hydrogens is 347 g/mol. The minimum atomic E-state index is -5.84. The number of carbonyl (C=O) groups is 1. The van der Waals surface area contributed by atoms with Crippen LogP contribution >= 0.6 is 0 Å². The third-order valence-corrected chi connectivity index (χ3v) is 3.66. The molecule has 2 N–H and O–H groups in total. The van der Waals surface area contributed by atoms with Crippen LogP contribution in [0.5, 0.6) is 0 Å². The lowest BCUT2D eigenvalue weighted by Crippen LogP contribution is -2.21. The van der Waals surface area contributed by atoms with E-state index in [-0.39, 0.29) is 11.2 Å². The van der Waals surface area contributed by atoms with Crippen LogP contribution in [0.15, 0.2) is 18.2 Å². The van der Waals surface area contributed by atoms with Crippen molar-refractivity contribution in [1.82, 2.24) is 0 Å². The molecule has 0 aliphatic carbocycles. The lowest BCUT2D eigenvalue weighted by Gasteiger charge is -2.21. The van der Waals surface area contributed by atoms with E-state index in [2.05, 4.69) is 38.2 Å². The normalized spacial score (nSPS) is 15.0. The monoisotopic (exact) mass is 367 g/mol. The van der Waals surface area contributed by atoms with Gasteiger partial charge in [-0.15, -0.1) is 0 Å². The second kappa shape index (κ2) is 7.10. The van der Waals surface area contributed by atoms with Gasteiger partial charge < -0.3 is 5.32 Å². The second-order valence-electron chi connectivity index (χ2n) is 6.64. The van der Waals surface area contributed by atoms with Gasteiger partial charge >= 0.3 is 15.6 Å². The minimum absolute atomic E-state index is 0.263. The van der Waals surface area contributed by atoms with Gasteiger partial charge in [-0.05, 0) is 29.5 Å². The summed E-state index contributed by atoms with van der Waals surface area (Å²) in [5.41, 5.74) is -2.16. The molecular formula is C15H20F3NO4S. The molecule has 0 atom stereocenters. The molecule has 5 nitrogen and oxygen atoms in total. The zero-order valence-electron chi connectivity index (χ0n) is 13.6. The van der Waals surface area contributed by atoms with E-state index in [1.54, 1.807) is 0 Å². The van der Waals surface area contributed by atoms with E-state index < -0.39 is 15.6 Å². The van der Waals surface area contributed by atoms with Crippen molar-refractivity contribution in [3.05, 3.63) is 29.3 Å². The summed E-state index contributed by atoms with van der Waals surface area (Å²) in [6.07, 6.45) is 1.62. The molecule has 24 heavy (non-hydrogen) atoms. The van der Waals surface area contributed by atoms with Crippen molar-refractivity contribution in [3.63, 3.8) is 0 Å². The molecule has 9 heteroatoms. The van der Waals surface area contributed by atoms with Gasteiger partial charge in [-0.1, -0.05) is 26.8 Å². The zero-order chi connectivity index (χ0) is 18.8. The van der Waals surface area contributed by atoms with Crippen molar-refractivity contribution in [2.24, 2.45) is 5.41 Å². The third-order valence-electron chi connectivity index (χ3n) is 3.08. The number of hydrogen-bond acceptors (Lipinski definition) is 4. The number of carbonyl (C=O) groups excluding carboxylic acids is 1. The van der Waals surface area contributed by atoms with Crippen molar-refractivity contribution < 1.29 is 30.9 Å². The van der Waals surface area contributed by atoms with E-state index >= 15 is 0 Å². The fourth-order valence-electron chi connectivity index (χ4n) is 2.14. The van der Waals surface area contributed by atoms with E-state index in [0.717, 1.165) is 24.2 Å². The smallest absolute Gasteiger partial charge is 0.384 e. The average molecular weight is 367 g/mol. The molecule has 0 radical (unpaired) electrons. The summed E-state index contributed by atoms with van der Waals surface area (Å²) >= 11 is 0. The van der Waals surface area contributed by atoms with Crippen LogP contribution in [-0.2, 0) is 16.5 Å². The Hall–Kier alpha value is -1.61. The van der Waals surface area contributed by atoms with Crippen LogP contribution in [-0.4, -0.2) is 30.8 Å². The molecule has 0 amide bonds. The highest BCUT2D eigenvalue weighted by molar-refractivity contribution is 7.86. The molecule has 1 aromatic carbocycles. The van der Waals surface area contributed by atoms with Gasteiger partial charge in [0, 0.05) is 24.2 Å². The molecule has 136 valence electrons. The van der Waals surface area contributed by atoms with Gasteiger partial charge in [-0.2, -0.15) is 21.6 Å². The predicted octanol–water partition coefficient (Wildman–Crippen LogP) is 3.67. The van der Waals surface area contributed by atoms with Crippen LogP contribution in [0, 0.1) is 5.41 Å². The van der Waals surface area contributed by atoms with Crippen molar-refractivity contribution >= 4 is 21.6 Å². The van der Waals surface area contributed by atoms with Crippen molar-refractivity contribution in [2.75, 3.05) is 11.9 Å². The summed E-state index contributed by atoms with van der Waals surface area (Å²) in [6.45, 7) is 7.41. The number of alkyl halides is 3. The second-order valence-corrected chi connectivity index (χ2v) is 8.05. The summed E-state index contributed by atoms with van der Waals surface area (Å²) in [5, 5.41) is 3.26. The van der Waals surface area contributed by atoms with Gasteiger partial charge in [0.1, 0.15) is 0 Å². The topological polar surface area (TPSA) is 83.5 Å². The third kappa shape index (κ3) is 6.12. The summed E-state index contributed by atoms with van der Waals surface area (Å²) < 4.78 is 57.5. The SMILES string of the molecule is CC(C)(C)Cc1ccc2c(c1)C(=O)CCN2.O=S(=O)(O)C(F)(F)F. The van der Waals surface area contributed by atoms with Crippen molar-refractivity contribution in [3.8, 4) is 0 Å². The summed E-state index contributed by atoms with van der Waals surface area (Å²) in [6, 6.07) is 6.21. The fourth-order valence-corrected chi connectivity index (χ4v) is 2.14. The molecule has 0 aromatic heterocycles. The molecule has 0 saturated carbocycles. The molecule has 1 aliphatic heterocycles. The van der Waals surface area contributed by atoms with Crippen LogP contribution in [0.25, 0.3) is 0 Å². The molecule has 1 aliphatic rings. The Morgan fingerprint density at radius 3 is 2.21 bits per heavy atom. The highest BCUT2D eigenvalue weighted by Crippen LogP contribution is 2.27. The summed E-state index contributed by atoms with van der Waals surface area (Å²) in [7, 11) is -5.84. The summed E-state index contributed by atoms with van der Waals surface area (Å²) in [5.74, 6) is 0.268. The van der Waals surface area contributed by atoms with Gasteiger partial charge in [0.25, 0.3) is 0 Å². The number of hydrogen-bond donors (Lipinski definition) is 2. The lowest BCUT2D eigenvalue weighted by molar-refractivity contribution is -0.0510. The number of rotatable bonds is 1. The Balaban J connectivity index is 0.000000307. The Bertz CT molecular complexity index is 706. The molecule has 1 heterocycles. The van der Waals surface area contributed by atoms with Crippen molar-refractivity contribution in [1.29, 1.82) is 0 Å². The first kappa shape index (κ1) is 20.4. The van der Waals surface area contributed by atoms with Crippen LogP contribution < -0.4 is 5.32 Å². The largest absolute Gasteiger partial charge is 0.522 e. The average Bonchev–Trinajstić information content (AvgIpc) is 2.36. The van der Waals surface area contributed by atoms with E-state index in [0.29, 0.717) is 6.42 Å². The molecule has 1 aromatic rings. The highest BCUT2D eigenvalue weighted by atomic mass is 32.2. The van der Waals surface area contributed by atoms with Crippen molar-refractivity contribution in [2.45, 2.75) is 39.1 Å². The minimum Gasteiger partial charge on any atom is -0.384 e. The number of benzene rings is 1. The first-order chi connectivity index (χ1) is 10.7. The number of nitrogens with one attached hydrogen (secondary N) is 1. The zero-order valence-corrected chi connectivity index (χ0v) is 14.4. The predicted molar refractivity (Wildman–Crippen MR) is 84.6 cm³/mol. The molecule has 0 spiro atoms. The Labute approximate surface area is 139 Å². The van der Waals surface area contributed by atoms with Crippen LogP contribution in [0.4, 0.5) is 18.9 Å². The maximum absolute atomic E-state index is 11.8. The first-order valence-corrected chi connectivity index (χ1v) is 8.58. The van der Waals surface area contributed by atoms with Gasteiger partial charge in [-0.25, -0.2) is 0 Å². The standard InChI is InChI=1S/C14H19NO.CHF3O3S/c1-14(2,3)9-10-4-5-12-11(8-10)13(16)6-7-15-12;2-1(3,4)8(5,6)7/h4-5,8,15H,6-7,9H2,1-3H3;(H,5,6,7). The number of anilines is 1. The molecule has 2 rings (SSSR count). The van der Waals surface area contributed by atoms with Crippen LogP contribution in [0.3, 0.4) is 0 Å². The fraction of sp³-hybridized carbons (Fsp3) is 0.533. The van der Waals surface area contributed by atoms with E-state index in [9.17, 15) is 18.0 Å². The van der Waals surface area contributed by atoms with Gasteiger partial charge in [0.15, 0.2) is 5.78 Å². The molecule has 0 fully saturated rings. The summed E-state index contributed by atoms with van der Waals surface area (Å²) in [4.78, 5) is 11.8. The number of fused-ring (bicyclic) bond motifs is 1. The van der Waals surface area contributed by atoms with Crippen LogP contribution in [0.1, 0.15) is 43.1 Å². The number of halogens is 3. The number of ketones is 1. The van der Waals surface area contributed by atoms with Gasteiger partial charge in [0.2, 0.25) is 0 Å². The Morgan fingerprint density at radius 2 is 1.75 bits per heavy atom. The van der Waals surface area contributed by atoms with Gasteiger partial charge in [0.05, 0.1) is 0 Å². The quantitative estimate of drug-likeness (QED) is 0.584. The number of Topliss-reactive ketones (excluding diaryl/α,β-unsaturated/α-hetero) is 1. The maximum atomic E-state index is 11.8. The van der Waals surface area contributed by atoms with E-state index in [1.165, 1.54) is 5.56 Å². The van der Waals surface area contributed by atoms with Crippen LogP contribution in [0.2, 0.25) is 0 Å². The lowest BCUT2D eigenvalue weighted by atomic mass is 9.86. The first-order valence-electron chi connectivity index (χ1n) is 7.14. The maximum Gasteiger partial charge on any atom is 0.522 e. The molecule has 0 unspecified atom stereocenters.